The molecule has 1 rings (SSSR count). The molecular formula is C11H14O4. The SMILES string of the molecule is COc1cccc([C@H](O)CC(=O)O)c1C. The predicted molar refractivity (Wildman–Crippen MR) is 54.9 cm³/mol. The van der Waals surface area contributed by atoms with Crippen molar-refractivity contribution in [1.29, 1.82) is 0 Å². The Labute approximate surface area is 88.1 Å². The fourth-order valence-electron chi connectivity index (χ4n) is 1.49. The summed E-state index contributed by atoms with van der Waals surface area (Å²) in [6, 6.07) is 5.20. The largest absolute Gasteiger partial charge is 0.496 e. The van der Waals surface area contributed by atoms with Gasteiger partial charge < -0.3 is 14.9 Å². The molecule has 0 saturated carbocycles. The van der Waals surface area contributed by atoms with E-state index in [1.54, 1.807) is 25.1 Å². The van der Waals surface area contributed by atoms with E-state index in [2.05, 4.69) is 0 Å². The van der Waals surface area contributed by atoms with Gasteiger partial charge >= 0.3 is 5.97 Å². The van der Waals surface area contributed by atoms with Crippen LogP contribution in [-0.4, -0.2) is 23.3 Å². The van der Waals surface area contributed by atoms with E-state index in [9.17, 15) is 9.90 Å². The first kappa shape index (κ1) is 11.5. The van der Waals surface area contributed by atoms with Crippen LogP contribution in [-0.2, 0) is 4.79 Å². The Kier molecular flexibility index (Phi) is 3.68. The Hall–Kier alpha value is -1.55. The lowest BCUT2D eigenvalue weighted by Gasteiger charge is -2.14. The minimum absolute atomic E-state index is 0.298. The molecule has 0 bridgehead atoms. The van der Waals surface area contributed by atoms with E-state index in [1.165, 1.54) is 7.11 Å². The Morgan fingerprint density at radius 3 is 2.73 bits per heavy atom. The molecule has 0 amide bonds. The van der Waals surface area contributed by atoms with Gasteiger partial charge in [0.25, 0.3) is 0 Å². The molecule has 0 aliphatic rings. The smallest absolute Gasteiger partial charge is 0.306 e. The third-order valence-electron chi connectivity index (χ3n) is 2.27. The van der Waals surface area contributed by atoms with Crippen LogP contribution < -0.4 is 4.74 Å². The van der Waals surface area contributed by atoms with Crippen LogP contribution in [0.4, 0.5) is 0 Å². The van der Waals surface area contributed by atoms with Gasteiger partial charge in [0.2, 0.25) is 0 Å². The predicted octanol–water partition coefficient (Wildman–Crippen LogP) is 1.51. The van der Waals surface area contributed by atoms with Crippen molar-refractivity contribution in [3.8, 4) is 5.75 Å². The normalized spacial score (nSPS) is 12.2. The van der Waals surface area contributed by atoms with Crippen LogP contribution in [0.15, 0.2) is 18.2 Å². The highest BCUT2D eigenvalue weighted by molar-refractivity contribution is 5.67. The molecule has 4 heteroatoms. The van der Waals surface area contributed by atoms with Crippen molar-refractivity contribution in [2.45, 2.75) is 19.4 Å². The molecule has 1 aromatic carbocycles. The van der Waals surface area contributed by atoms with Crippen molar-refractivity contribution in [2.24, 2.45) is 0 Å². The van der Waals surface area contributed by atoms with Crippen LogP contribution >= 0.6 is 0 Å². The number of benzene rings is 1. The quantitative estimate of drug-likeness (QED) is 0.790. The van der Waals surface area contributed by atoms with Crippen LogP contribution in [0, 0.1) is 6.92 Å². The van der Waals surface area contributed by atoms with E-state index >= 15 is 0 Å². The van der Waals surface area contributed by atoms with Gasteiger partial charge in [-0.2, -0.15) is 0 Å². The number of carboxylic acids is 1. The van der Waals surface area contributed by atoms with Gasteiger partial charge in [0.15, 0.2) is 0 Å². The molecule has 0 unspecified atom stereocenters. The number of aliphatic hydroxyl groups is 1. The highest BCUT2D eigenvalue weighted by atomic mass is 16.5. The summed E-state index contributed by atoms with van der Waals surface area (Å²) in [5, 5.41) is 18.2. The molecule has 0 fully saturated rings. The first-order chi connectivity index (χ1) is 7.06. The van der Waals surface area contributed by atoms with Crippen molar-refractivity contribution >= 4 is 5.97 Å². The fourth-order valence-corrected chi connectivity index (χ4v) is 1.49. The minimum atomic E-state index is -1.02. The fraction of sp³-hybridized carbons (Fsp3) is 0.364. The van der Waals surface area contributed by atoms with Crippen molar-refractivity contribution < 1.29 is 19.7 Å². The van der Waals surface area contributed by atoms with Crippen molar-refractivity contribution in [2.75, 3.05) is 7.11 Å². The maximum atomic E-state index is 10.5. The van der Waals surface area contributed by atoms with E-state index in [1.807, 2.05) is 0 Å². The first-order valence-corrected chi connectivity index (χ1v) is 4.59. The first-order valence-electron chi connectivity index (χ1n) is 4.59. The Morgan fingerprint density at radius 2 is 2.20 bits per heavy atom. The Morgan fingerprint density at radius 1 is 1.53 bits per heavy atom. The number of methoxy groups -OCH3 is 1. The zero-order chi connectivity index (χ0) is 11.4. The second-order valence-corrected chi connectivity index (χ2v) is 3.29. The van der Waals surface area contributed by atoms with Crippen LogP contribution in [0.5, 0.6) is 5.75 Å². The number of aliphatic hydroxyl groups excluding tert-OH is 1. The van der Waals surface area contributed by atoms with Crippen LogP contribution in [0.25, 0.3) is 0 Å². The lowest BCUT2D eigenvalue weighted by molar-refractivity contribution is -0.139. The van der Waals surface area contributed by atoms with Gasteiger partial charge in [-0.15, -0.1) is 0 Å². The third kappa shape index (κ3) is 2.70. The summed E-state index contributed by atoms with van der Waals surface area (Å²) >= 11 is 0. The summed E-state index contributed by atoms with van der Waals surface area (Å²) in [5.74, 6) is -0.373. The maximum absolute atomic E-state index is 10.5. The zero-order valence-electron chi connectivity index (χ0n) is 8.73. The number of hydrogen-bond donors (Lipinski definition) is 2. The number of hydrogen-bond acceptors (Lipinski definition) is 3. The molecule has 0 aliphatic heterocycles. The second-order valence-electron chi connectivity index (χ2n) is 3.29. The van der Waals surface area contributed by atoms with Gasteiger partial charge in [-0.05, 0) is 24.1 Å². The average Bonchev–Trinajstić information content (AvgIpc) is 2.17. The topological polar surface area (TPSA) is 66.8 Å². The highest BCUT2D eigenvalue weighted by Crippen LogP contribution is 2.27. The second kappa shape index (κ2) is 4.79. The minimum Gasteiger partial charge on any atom is -0.496 e. The van der Waals surface area contributed by atoms with Gasteiger partial charge in [-0.3, -0.25) is 4.79 Å². The summed E-state index contributed by atoms with van der Waals surface area (Å²) in [7, 11) is 1.54. The van der Waals surface area contributed by atoms with Crippen molar-refractivity contribution in [3.63, 3.8) is 0 Å². The standard InChI is InChI=1S/C11H14O4/c1-7-8(9(12)6-11(13)14)4-3-5-10(7)15-2/h3-5,9,12H,6H2,1-2H3,(H,13,14)/t9-/m1/s1. The summed E-state index contributed by atoms with van der Waals surface area (Å²) in [6.07, 6.45) is -1.29. The number of ether oxygens (including phenoxy) is 1. The Balaban J connectivity index is 2.98. The van der Waals surface area contributed by atoms with Crippen molar-refractivity contribution in [3.05, 3.63) is 29.3 Å². The van der Waals surface area contributed by atoms with Crippen molar-refractivity contribution in [1.82, 2.24) is 0 Å². The number of aliphatic carboxylic acids is 1. The lowest BCUT2D eigenvalue weighted by Crippen LogP contribution is -2.07. The van der Waals surface area contributed by atoms with Crippen LogP contribution in [0.1, 0.15) is 23.7 Å². The summed E-state index contributed by atoms with van der Waals surface area (Å²) in [6.45, 7) is 1.79. The van der Waals surface area contributed by atoms with Crippen LogP contribution in [0.2, 0.25) is 0 Å². The van der Waals surface area contributed by atoms with Gasteiger partial charge in [-0.25, -0.2) is 0 Å². The molecule has 0 spiro atoms. The average molecular weight is 210 g/mol. The van der Waals surface area contributed by atoms with Gasteiger partial charge in [0, 0.05) is 0 Å². The van der Waals surface area contributed by atoms with E-state index < -0.39 is 12.1 Å². The number of carboxylic acid groups (broad SMARTS) is 1. The molecule has 0 saturated heterocycles. The molecule has 0 aliphatic carbocycles. The zero-order valence-corrected chi connectivity index (χ0v) is 8.73. The summed E-state index contributed by atoms with van der Waals surface area (Å²) < 4.78 is 5.08. The molecular weight excluding hydrogens is 196 g/mol. The molecule has 0 aromatic heterocycles. The summed E-state index contributed by atoms with van der Waals surface area (Å²) in [4.78, 5) is 10.5. The highest BCUT2D eigenvalue weighted by Gasteiger charge is 2.15. The molecule has 1 aromatic rings. The molecule has 4 nitrogen and oxygen atoms in total. The third-order valence-corrected chi connectivity index (χ3v) is 2.27. The molecule has 0 radical (unpaired) electrons. The molecule has 15 heavy (non-hydrogen) atoms. The number of rotatable bonds is 4. The molecule has 2 N–H and O–H groups in total. The van der Waals surface area contributed by atoms with E-state index in [0.717, 1.165) is 5.56 Å². The summed E-state index contributed by atoms with van der Waals surface area (Å²) in [5.41, 5.74) is 1.37. The van der Waals surface area contributed by atoms with Gasteiger partial charge in [0.05, 0.1) is 19.6 Å². The molecule has 82 valence electrons. The molecule has 1 atom stereocenters. The van der Waals surface area contributed by atoms with Gasteiger partial charge in [0.1, 0.15) is 5.75 Å². The van der Waals surface area contributed by atoms with Gasteiger partial charge in [-0.1, -0.05) is 12.1 Å². The molecule has 0 heterocycles. The monoisotopic (exact) mass is 210 g/mol. The van der Waals surface area contributed by atoms with E-state index in [-0.39, 0.29) is 6.42 Å². The maximum Gasteiger partial charge on any atom is 0.306 e. The van der Waals surface area contributed by atoms with E-state index in [4.69, 9.17) is 9.84 Å². The van der Waals surface area contributed by atoms with E-state index in [0.29, 0.717) is 11.3 Å². The lowest BCUT2D eigenvalue weighted by atomic mass is 10.0. The van der Waals surface area contributed by atoms with Crippen LogP contribution in [0.3, 0.4) is 0 Å². The number of carbonyl (C=O) groups is 1. The Bertz CT molecular complexity index is 360.